The Labute approximate surface area is 118 Å². The van der Waals surface area contributed by atoms with E-state index < -0.39 is 0 Å². The molecular weight excluding hydrogens is 258 g/mol. The second-order valence-corrected chi connectivity index (χ2v) is 5.87. The van der Waals surface area contributed by atoms with Crippen LogP contribution in [0.4, 0.5) is 11.4 Å². The number of thioether (sulfide) groups is 1. The Balaban J connectivity index is 2.18. The normalized spacial score (nSPS) is 15.8. The molecule has 1 unspecified atom stereocenters. The number of benzene rings is 1. The number of rotatable bonds is 4. The van der Waals surface area contributed by atoms with Crippen molar-refractivity contribution < 1.29 is 4.79 Å². The Kier molecular flexibility index (Phi) is 4.58. The average molecular weight is 279 g/mol. The van der Waals surface area contributed by atoms with E-state index in [1.165, 1.54) is 4.90 Å². The first-order valence-corrected chi connectivity index (χ1v) is 7.68. The summed E-state index contributed by atoms with van der Waals surface area (Å²) in [6, 6.07) is 5.76. The van der Waals surface area contributed by atoms with E-state index in [2.05, 4.69) is 17.1 Å². The Morgan fingerprint density at radius 2 is 2.37 bits per heavy atom. The maximum absolute atomic E-state index is 12.1. The predicted molar refractivity (Wildman–Crippen MR) is 81.7 cm³/mol. The lowest BCUT2D eigenvalue weighted by atomic mass is 10.2. The van der Waals surface area contributed by atoms with Gasteiger partial charge in [-0.15, -0.1) is 11.8 Å². The molecular formula is C14H21N3OS. The molecule has 0 fully saturated rings. The minimum atomic E-state index is -0.159. The maximum Gasteiger partial charge on any atom is 0.242 e. The molecule has 0 spiro atoms. The first-order chi connectivity index (χ1) is 9.13. The van der Waals surface area contributed by atoms with Crippen LogP contribution in [0, 0.1) is 0 Å². The topological polar surface area (TPSA) is 58.4 Å². The third kappa shape index (κ3) is 3.15. The van der Waals surface area contributed by atoms with Crippen molar-refractivity contribution in [3.63, 3.8) is 0 Å². The summed E-state index contributed by atoms with van der Waals surface area (Å²) in [6.07, 6.45) is 0.956. The number of carbonyl (C=O) groups excluding carboxylic acids is 1. The first-order valence-electron chi connectivity index (χ1n) is 6.70. The molecule has 1 heterocycles. The lowest BCUT2D eigenvalue weighted by Gasteiger charge is -2.35. The van der Waals surface area contributed by atoms with Gasteiger partial charge in [-0.25, -0.2) is 0 Å². The third-order valence-electron chi connectivity index (χ3n) is 3.28. The number of hydrogen-bond donors (Lipinski definition) is 2. The zero-order valence-corrected chi connectivity index (χ0v) is 12.3. The SMILES string of the molecule is CCCNC(=O)C(C)N1CCSc2ccc(N)cc21. The van der Waals surface area contributed by atoms with Gasteiger partial charge in [-0.05, 0) is 31.5 Å². The average Bonchev–Trinajstić information content (AvgIpc) is 2.43. The summed E-state index contributed by atoms with van der Waals surface area (Å²) in [6.45, 7) is 5.61. The minimum Gasteiger partial charge on any atom is -0.399 e. The van der Waals surface area contributed by atoms with Gasteiger partial charge in [0, 0.05) is 29.4 Å². The van der Waals surface area contributed by atoms with Crippen LogP contribution >= 0.6 is 11.8 Å². The molecule has 2 rings (SSSR count). The zero-order chi connectivity index (χ0) is 13.8. The molecule has 1 amide bonds. The highest BCUT2D eigenvalue weighted by Crippen LogP contribution is 2.36. The van der Waals surface area contributed by atoms with Gasteiger partial charge in [-0.2, -0.15) is 0 Å². The van der Waals surface area contributed by atoms with Crippen LogP contribution in [0.25, 0.3) is 0 Å². The van der Waals surface area contributed by atoms with E-state index in [0.717, 1.165) is 36.6 Å². The fourth-order valence-corrected chi connectivity index (χ4v) is 3.19. The van der Waals surface area contributed by atoms with Crippen molar-refractivity contribution >= 4 is 29.0 Å². The molecule has 0 bridgehead atoms. The molecule has 0 radical (unpaired) electrons. The van der Waals surface area contributed by atoms with Gasteiger partial charge in [0.2, 0.25) is 5.91 Å². The van der Waals surface area contributed by atoms with Gasteiger partial charge < -0.3 is 16.0 Å². The summed E-state index contributed by atoms with van der Waals surface area (Å²) in [5.41, 5.74) is 7.69. The highest BCUT2D eigenvalue weighted by atomic mass is 32.2. The molecule has 5 heteroatoms. The number of hydrogen-bond acceptors (Lipinski definition) is 4. The van der Waals surface area contributed by atoms with Crippen LogP contribution in [-0.2, 0) is 4.79 Å². The third-order valence-corrected chi connectivity index (χ3v) is 4.32. The lowest BCUT2D eigenvalue weighted by molar-refractivity contribution is -0.122. The van der Waals surface area contributed by atoms with Crippen LogP contribution in [0.3, 0.4) is 0 Å². The molecule has 3 N–H and O–H groups in total. The number of amides is 1. The van der Waals surface area contributed by atoms with Crippen LogP contribution < -0.4 is 16.0 Å². The summed E-state index contributed by atoms with van der Waals surface area (Å²) in [5.74, 6) is 1.09. The number of nitrogen functional groups attached to an aromatic ring is 1. The molecule has 0 aliphatic carbocycles. The Morgan fingerprint density at radius 1 is 1.58 bits per heavy atom. The Bertz CT molecular complexity index is 464. The van der Waals surface area contributed by atoms with E-state index in [4.69, 9.17) is 5.73 Å². The molecule has 1 aromatic rings. The number of carbonyl (C=O) groups is 1. The quantitative estimate of drug-likeness (QED) is 0.829. The van der Waals surface area contributed by atoms with Crippen molar-refractivity contribution in [1.29, 1.82) is 0 Å². The van der Waals surface area contributed by atoms with Gasteiger partial charge in [0.1, 0.15) is 6.04 Å². The Hall–Kier alpha value is -1.36. The summed E-state index contributed by atoms with van der Waals surface area (Å²) in [5, 5.41) is 2.96. The summed E-state index contributed by atoms with van der Waals surface area (Å²) >= 11 is 1.82. The molecule has 1 atom stereocenters. The van der Waals surface area contributed by atoms with Gasteiger partial charge in [-0.1, -0.05) is 6.92 Å². The summed E-state index contributed by atoms with van der Waals surface area (Å²) in [7, 11) is 0. The number of fused-ring (bicyclic) bond motifs is 1. The molecule has 1 aromatic carbocycles. The van der Waals surface area contributed by atoms with Crippen LogP contribution in [0.5, 0.6) is 0 Å². The van der Waals surface area contributed by atoms with E-state index >= 15 is 0 Å². The zero-order valence-electron chi connectivity index (χ0n) is 11.5. The summed E-state index contributed by atoms with van der Waals surface area (Å²) < 4.78 is 0. The molecule has 104 valence electrons. The lowest BCUT2D eigenvalue weighted by Crippen LogP contribution is -2.47. The summed E-state index contributed by atoms with van der Waals surface area (Å²) in [4.78, 5) is 15.5. The number of nitrogens with zero attached hydrogens (tertiary/aromatic N) is 1. The highest BCUT2D eigenvalue weighted by Gasteiger charge is 2.26. The fraction of sp³-hybridized carbons (Fsp3) is 0.500. The predicted octanol–water partition coefficient (Wildman–Crippen LogP) is 2.10. The van der Waals surface area contributed by atoms with E-state index in [0.29, 0.717) is 0 Å². The van der Waals surface area contributed by atoms with E-state index in [1.807, 2.05) is 36.9 Å². The largest absolute Gasteiger partial charge is 0.399 e. The highest BCUT2D eigenvalue weighted by molar-refractivity contribution is 7.99. The monoisotopic (exact) mass is 279 g/mol. The molecule has 19 heavy (non-hydrogen) atoms. The number of nitrogens with two attached hydrogens (primary N) is 1. The standard InChI is InChI=1S/C14H21N3OS/c1-3-6-16-14(18)10(2)17-7-8-19-13-5-4-11(15)9-12(13)17/h4-5,9-10H,3,6-8,15H2,1-2H3,(H,16,18). The molecule has 0 aromatic heterocycles. The number of nitrogens with one attached hydrogen (secondary N) is 1. The van der Waals surface area contributed by atoms with Gasteiger partial charge in [-0.3, -0.25) is 4.79 Å². The van der Waals surface area contributed by atoms with Crippen LogP contribution in [0.15, 0.2) is 23.1 Å². The van der Waals surface area contributed by atoms with Crippen LogP contribution in [-0.4, -0.2) is 30.8 Å². The second-order valence-electron chi connectivity index (χ2n) is 4.74. The van der Waals surface area contributed by atoms with Gasteiger partial charge in [0.15, 0.2) is 0 Å². The van der Waals surface area contributed by atoms with E-state index in [-0.39, 0.29) is 11.9 Å². The van der Waals surface area contributed by atoms with Gasteiger partial charge in [0.25, 0.3) is 0 Å². The first kappa shape index (κ1) is 14.1. The maximum atomic E-state index is 12.1. The van der Waals surface area contributed by atoms with Crippen molar-refractivity contribution in [2.75, 3.05) is 29.5 Å². The molecule has 0 saturated heterocycles. The van der Waals surface area contributed by atoms with E-state index in [9.17, 15) is 4.79 Å². The van der Waals surface area contributed by atoms with Crippen LogP contribution in [0.1, 0.15) is 20.3 Å². The molecule has 4 nitrogen and oxygen atoms in total. The molecule has 1 aliphatic heterocycles. The Morgan fingerprint density at radius 3 is 3.11 bits per heavy atom. The number of anilines is 2. The smallest absolute Gasteiger partial charge is 0.242 e. The van der Waals surface area contributed by atoms with Crippen molar-refractivity contribution in [2.24, 2.45) is 0 Å². The molecule has 0 saturated carbocycles. The van der Waals surface area contributed by atoms with Crippen molar-refractivity contribution in [2.45, 2.75) is 31.2 Å². The van der Waals surface area contributed by atoms with Crippen molar-refractivity contribution in [3.05, 3.63) is 18.2 Å². The van der Waals surface area contributed by atoms with Gasteiger partial charge >= 0.3 is 0 Å². The van der Waals surface area contributed by atoms with Gasteiger partial charge in [0.05, 0.1) is 5.69 Å². The van der Waals surface area contributed by atoms with E-state index in [1.54, 1.807) is 0 Å². The van der Waals surface area contributed by atoms with Crippen molar-refractivity contribution in [3.8, 4) is 0 Å². The second kappa shape index (κ2) is 6.19. The van der Waals surface area contributed by atoms with Crippen LogP contribution in [0.2, 0.25) is 0 Å². The molecule has 1 aliphatic rings. The van der Waals surface area contributed by atoms with Crippen molar-refractivity contribution in [1.82, 2.24) is 5.32 Å². The minimum absolute atomic E-state index is 0.0853. The fourth-order valence-electron chi connectivity index (χ4n) is 2.20.